The molecule has 1 unspecified atom stereocenters. The minimum Gasteiger partial charge on any atom is -0.330 e. The summed E-state index contributed by atoms with van der Waals surface area (Å²) in [5.74, 6) is -0.771. The predicted octanol–water partition coefficient (Wildman–Crippen LogP) is 0.208. The van der Waals surface area contributed by atoms with Crippen molar-refractivity contribution in [2.75, 3.05) is 33.2 Å². The summed E-state index contributed by atoms with van der Waals surface area (Å²) in [6, 6.07) is 5.17. The third-order valence-electron chi connectivity index (χ3n) is 5.63. The third-order valence-corrected chi connectivity index (χ3v) is 5.63. The number of amides is 3. The second-order valence-corrected chi connectivity index (χ2v) is 7.82. The molecule has 0 aliphatic carbocycles. The van der Waals surface area contributed by atoms with Gasteiger partial charge in [-0.3, -0.25) is 19.7 Å². The Balaban J connectivity index is 1.54. The van der Waals surface area contributed by atoms with E-state index in [4.69, 9.17) is 5.73 Å². The average Bonchev–Trinajstić information content (AvgIpc) is 3.03. The first-order valence-electron chi connectivity index (χ1n) is 10.4. The van der Waals surface area contributed by atoms with Gasteiger partial charge in [0.25, 0.3) is 5.91 Å². The quantitative estimate of drug-likeness (QED) is 0.382. The molecule has 1 atom stereocenters. The van der Waals surface area contributed by atoms with Gasteiger partial charge in [-0.05, 0) is 69.7 Å². The second kappa shape index (κ2) is 9.96. The van der Waals surface area contributed by atoms with Crippen molar-refractivity contribution in [1.82, 2.24) is 20.4 Å². The predicted molar refractivity (Wildman–Crippen MR) is 110 cm³/mol. The minimum absolute atomic E-state index is 0.127. The van der Waals surface area contributed by atoms with E-state index in [0.29, 0.717) is 25.1 Å². The zero-order valence-corrected chi connectivity index (χ0v) is 17.1. The van der Waals surface area contributed by atoms with Crippen molar-refractivity contribution in [3.8, 4) is 0 Å². The van der Waals surface area contributed by atoms with E-state index in [1.807, 2.05) is 18.2 Å². The normalized spacial score (nSPS) is 19.1. The zero-order valence-electron chi connectivity index (χ0n) is 17.1. The summed E-state index contributed by atoms with van der Waals surface area (Å²) >= 11 is 0. The van der Waals surface area contributed by atoms with Gasteiger partial charge in [-0.1, -0.05) is 12.1 Å². The number of fused-ring (bicyclic) bond motifs is 1. The van der Waals surface area contributed by atoms with Crippen molar-refractivity contribution in [3.05, 3.63) is 34.9 Å². The number of nitrogens with two attached hydrogens (primary N) is 1. The molecule has 0 radical (unpaired) electrons. The highest BCUT2D eigenvalue weighted by Crippen LogP contribution is 2.29. The molecule has 1 saturated heterocycles. The van der Waals surface area contributed by atoms with Crippen LogP contribution in [0.2, 0.25) is 0 Å². The van der Waals surface area contributed by atoms with Gasteiger partial charge in [0.15, 0.2) is 0 Å². The van der Waals surface area contributed by atoms with Crippen LogP contribution in [0.1, 0.15) is 47.2 Å². The van der Waals surface area contributed by atoms with E-state index in [2.05, 4.69) is 22.6 Å². The van der Waals surface area contributed by atoms with E-state index in [0.717, 1.165) is 50.1 Å². The molecule has 0 saturated carbocycles. The number of piperidine rings is 1. The Morgan fingerprint density at radius 1 is 1.24 bits per heavy atom. The lowest BCUT2D eigenvalue weighted by molar-refractivity contribution is -0.136. The van der Waals surface area contributed by atoms with Crippen LogP contribution < -0.4 is 16.4 Å². The molecule has 2 aliphatic rings. The average molecular weight is 402 g/mol. The number of hydrogen-bond donors (Lipinski definition) is 3. The fraction of sp³-hybridized carbons (Fsp3) is 0.571. The Kier molecular flexibility index (Phi) is 7.35. The van der Waals surface area contributed by atoms with E-state index in [9.17, 15) is 14.4 Å². The molecule has 1 fully saturated rings. The maximum absolute atomic E-state index is 12.8. The standard InChI is InChI=1S/C21H31N5O3/c1-25(11-3-9-22)12-4-10-23-13-15-5-2-6-16-17(15)14-26(21(16)29)18-7-8-19(27)24-20(18)28/h2,5-6,18,23H,3-4,7-14,22H2,1H3,(H,24,27,28). The number of nitrogens with zero attached hydrogens (tertiary/aromatic N) is 2. The van der Waals surface area contributed by atoms with Crippen LogP contribution in [0.25, 0.3) is 0 Å². The maximum atomic E-state index is 12.8. The molecule has 0 spiro atoms. The molecule has 3 amide bonds. The number of rotatable bonds is 10. The summed E-state index contributed by atoms with van der Waals surface area (Å²) in [5, 5.41) is 5.80. The van der Waals surface area contributed by atoms with Crippen LogP contribution in [0, 0.1) is 0 Å². The lowest BCUT2D eigenvalue weighted by Crippen LogP contribution is -2.52. The van der Waals surface area contributed by atoms with Gasteiger partial charge in [0.2, 0.25) is 11.8 Å². The van der Waals surface area contributed by atoms with Crippen molar-refractivity contribution in [2.45, 2.75) is 44.8 Å². The van der Waals surface area contributed by atoms with Crippen LogP contribution in [0.3, 0.4) is 0 Å². The van der Waals surface area contributed by atoms with Crippen molar-refractivity contribution in [1.29, 1.82) is 0 Å². The Bertz CT molecular complexity index is 767. The summed E-state index contributed by atoms with van der Waals surface area (Å²) < 4.78 is 0. The fourth-order valence-electron chi connectivity index (χ4n) is 3.99. The zero-order chi connectivity index (χ0) is 20.8. The second-order valence-electron chi connectivity index (χ2n) is 7.82. The Hall–Kier alpha value is -2.29. The van der Waals surface area contributed by atoms with E-state index >= 15 is 0 Å². The van der Waals surface area contributed by atoms with Crippen LogP contribution in [-0.2, 0) is 22.7 Å². The fourth-order valence-corrected chi connectivity index (χ4v) is 3.99. The highest BCUT2D eigenvalue weighted by Gasteiger charge is 2.39. The maximum Gasteiger partial charge on any atom is 0.255 e. The molecular formula is C21H31N5O3. The largest absolute Gasteiger partial charge is 0.330 e. The van der Waals surface area contributed by atoms with Crippen molar-refractivity contribution < 1.29 is 14.4 Å². The summed E-state index contributed by atoms with van der Waals surface area (Å²) in [7, 11) is 2.11. The molecule has 3 rings (SSSR count). The SMILES string of the molecule is CN(CCCN)CCCNCc1cccc2c1CN(C1CCC(=O)NC1=O)C2=O. The van der Waals surface area contributed by atoms with E-state index in [1.54, 1.807) is 4.90 Å². The van der Waals surface area contributed by atoms with Crippen molar-refractivity contribution in [3.63, 3.8) is 0 Å². The highest BCUT2D eigenvalue weighted by atomic mass is 16.2. The Labute approximate surface area is 171 Å². The Morgan fingerprint density at radius 3 is 2.79 bits per heavy atom. The van der Waals surface area contributed by atoms with Crippen molar-refractivity contribution >= 4 is 17.7 Å². The number of nitrogens with one attached hydrogen (secondary N) is 2. The topological polar surface area (TPSA) is 108 Å². The molecule has 1 aromatic rings. The number of carbonyl (C=O) groups is 3. The number of benzene rings is 1. The van der Waals surface area contributed by atoms with Crippen LogP contribution in [0.4, 0.5) is 0 Å². The molecule has 2 aliphatic heterocycles. The summed E-state index contributed by atoms with van der Waals surface area (Å²) in [5.41, 5.74) is 8.27. The third kappa shape index (κ3) is 5.20. The smallest absolute Gasteiger partial charge is 0.255 e. The summed E-state index contributed by atoms with van der Waals surface area (Å²) in [4.78, 5) is 40.3. The first-order valence-corrected chi connectivity index (χ1v) is 10.4. The first-order chi connectivity index (χ1) is 14.0. The summed E-state index contributed by atoms with van der Waals surface area (Å²) in [6.45, 7) is 4.74. The molecule has 8 heteroatoms. The van der Waals surface area contributed by atoms with Crippen molar-refractivity contribution in [2.24, 2.45) is 5.73 Å². The van der Waals surface area contributed by atoms with Gasteiger partial charge in [-0.15, -0.1) is 0 Å². The molecule has 0 aromatic heterocycles. The minimum atomic E-state index is -0.572. The molecule has 8 nitrogen and oxygen atoms in total. The van der Waals surface area contributed by atoms with E-state index in [-0.39, 0.29) is 24.1 Å². The van der Waals surface area contributed by atoms with Gasteiger partial charge in [-0.2, -0.15) is 0 Å². The van der Waals surface area contributed by atoms with Crippen LogP contribution >= 0.6 is 0 Å². The highest BCUT2D eigenvalue weighted by molar-refractivity contribution is 6.05. The van der Waals surface area contributed by atoms with Crippen LogP contribution in [0.5, 0.6) is 0 Å². The molecular weight excluding hydrogens is 370 g/mol. The van der Waals surface area contributed by atoms with E-state index in [1.165, 1.54) is 0 Å². The monoisotopic (exact) mass is 401 g/mol. The van der Waals surface area contributed by atoms with Crippen LogP contribution in [-0.4, -0.2) is 66.8 Å². The van der Waals surface area contributed by atoms with Gasteiger partial charge in [-0.25, -0.2) is 0 Å². The molecule has 4 N–H and O–H groups in total. The number of carbonyl (C=O) groups excluding carboxylic acids is 3. The number of imide groups is 1. The lowest BCUT2D eigenvalue weighted by Gasteiger charge is -2.29. The summed E-state index contributed by atoms with van der Waals surface area (Å²) in [6.07, 6.45) is 2.70. The Morgan fingerprint density at radius 2 is 2.03 bits per heavy atom. The first kappa shape index (κ1) is 21.4. The molecule has 158 valence electrons. The lowest BCUT2D eigenvalue weighted by atomic mass is 10.0. The van der Waals surface area contributed by atoms with Gasteiger partial charge < -0.3 is 20.9 Å². The van der Waals surface area contributed by atoms with E-state index < -0.39 is 6.04 Å². The molecule has 29 heavy (non-hydrogen) atoms. The van der Waals surface area contributed by atoms with Gasteiger partial charge in [0.05, 0.1) is 0 Å². The molecule has 1 aromatic carbocycles. The molecule has 2 heterocycles. The van der Waals surface area contributed by atoms with Gasteiger partial charge in [0.1, 0.15) is 6.04 Å². The molecule has 0 bridgehead atoms. The van der Waals surface area contributed by atoms with Crippen LogP contribution in [0.15, 0.2) is 18.2 Å². The number of hydrogen-bond acceptors (Lipinski definition) is 6. The van der Waals surface area contributed by atoms with Gasteiger partial charge >= 0.3 is 0 Å². The van der Waals surface area contributed by atoms with Gasteiger partial charge in [0, 0.05) is 25.1 Å².